The molecule has 0 spiro atoms. The summed E-state index contributed by atoms with van der Waals surface area (Å²) in [5, 5.41) is 3.06. The van der Waals surface area contributed by atoms with Crippen molar-refractivity contribution in [3.05, 3.63) is 53.9 Å². The van der Waals surface area contributed by atoms with E-state index in [0.717, 1.165) is 36.2 Å². The molecule has 28 heavy (non-hydrogen) atoms. The van der Waals surface area contributed by atoms with Crippen LogP contribution in [0.4, 0.5) is 0 Å². The molecule has 0 fully saturated rings. The van der Waals surface area contributed by atoms with Gasteiger partial charge in [-0.2, -0.15) is 0 Å². The molecule has 3 aromatic rings. The van der Waals surface area contributed by atoms with Crippen LogP contribution in [0.15, 0.2) is 42.5 Å². The molecule has 0 saturated carbocycles. The summed E-state index contributed by atoms with van der Waals surface area (Å²) in [6.45, 7) is 5.01. The third kappa shape index (κ3) is 3.96. The number of para-hydroxylation sites is 2. The molecule has 1 N–H and O–H groups in total. The van der Waals surface area contributed by atoms with Crippen LogP contribution in [0.1, 0.15) is 48.9 Å². The van der Waals surface area contributed by atoms with E-state index in [1.54, 1.807) is 32.4 Å². The molecule has 0 radical (unpaired) electrons. The van der Waals surface area contributed by atoms with Crippen LogP contribution in [0.25, 0.3) is 11.0 Å². The molecule has 0 aliphatic rings. The maximum atomic E-state index is 12.8. The summed E-state index contributed by atoms with van der Waals surface area (Å²) in [7, 11) is 3.12. The first-order valence-corrected chi connectivity index (χ1v) is 9.57. The van der Waals surface area contributed by atoms with Gasteiger partial charge in [0.2, 0.25) is 0 Å². The summed E-state index contributed by atoms with van der Waals surface area (Å²) >= 11 is 0. The molecule has 3 rings (SSSR count). The number of benzene rings is 2. The third-order valence-corrected chi connectivity index (χ3v) is 4.80. The molecule has 0 aliphatic carbocycles. The van der Waals surface area contributed by atoms with Crippen LogP contribution in [0.5, 0.6) is 11.5 Å². The minimum Gasteiger partial charge on any atom is -0.493 e. The van der Waals surface area contributed by atoms with Crippen LogP contribution in [-0.4, -0.2) is 29.7 Å². The van der Waals surface area contributed by atoms with E-state index >= 15 is 0 Å². The lowest BCUT2D eigenvalue weighted by Crippen LogP contribution is -2.28. The van der Waals surface area contributed by atoms with Crippen molar-refractivity contribution < 1.29 is 14.3 Å². The van der Waals surface area contributed by atoms with Gasteiger partial charge in [-0.25, -0.2) is 4.98 Å². The Labute approximate surface area is 165 Å². The fourth-order valence-corrected chi connectivity index (χ4v) is 3.30. The molecular formula is C22H27N3O3. The second-order valence-corrected chi connectivity index (χ2v) is 6.73. The maximum absolute atomic E-state index is 12.8. The van der Waals surface area contributed by atoms with Crippen molar-refractivity contribution in [3.8, 4) is 11.5 Å². The molecule has 1 amide bonds. The monoisotopic (exact) mass is 381 g/mol. The normalized spacial score (nSPS) is 12.0. The van der Waals surface area contributed by atoms with E-state index in [4.69, 9.17) is 14.5 Å². The number of hydrogen-bond acceptors (Lipinski definition) is 4. The number of aryl methyl sites for hydroxylation is 1. The lowest BCUT2D eigenvalue weighted by molar-refractivity contribution is 0.0937. The SMILES string of the molecule is CCCCn1c([C@H](C)NC(=O)c2ccc(OC)c(OC)c2)nc2ccccc21. The van der Waals surface area contributed by atoms with E-state index in [9.17, 15) is 4.79 Å². The van der Waals surface area contributed by atoms with Crippen molar-refractivity contribution in [2.45, 2.75) is 39.3 Å². The Bertz CT molecular complexity index is 965. The largest absolute Gasteiger partial charge is 0.493 e. The Balaban J connectivity index is 1.86. The standard InChI is InChI=1S/C22H27N3O3/c1-5-6-13-25-18-10-8-7-9-17(18)24-21(25)15(2)23-22(26)16-11-12-19(27-3)20(14-16)28-4/h7-12,14-15H,5-6,13H2,1-4H3,(H,23,26)/t15-/m0/s1. The van der Waals surface area contributed by atoms with Gasteiger partial charge in [-0.05, 0) is 43.7 Å². The predicted octanol–water partition coefficient (Wildman–Crippen LogP) is 4.34. The Hall–Kier alpha value is -3.02. The number of hydrogen-bond donors (Lipinski definition) is 1. The average Bonchev–Trinajstić information content (AvgIpc) is 3.10. The fourth-order valence-electron chi connectivity index (χ4n) is 3.30. The van der Waals surface area contributed by atoms with Crippen LogP contribution < -0.4 is 14.8 Å². The van der Waals surface area contributed by atoms with Crippen LogP contribution in [0.2, 0.25) is 0 Å². The second-order valence-electron chi connectivity index (χ2n) is 6.73. The van der Waals surface area contributed by atoms with E-state index in [-0.39, 0.29) is 11.9 Å². The number of amides is 1. The lowest BCUT2D eigenvalue weighted by atomic mass is 10.1. The van der Waals surface area contributed by atoms with Crippen LogP contribution in [-0.2, 0) is 6.54 Å². The number of imidazole rings is 1. The second kappa shape index (κ2) is 8.78. The zero-order chi connectivity index (χ0) is 20.1. The first-order chi connectivity index (χ1) is 13.6. The summed E-state index contributed by atoms with van der Waals surface area (Å²) in [4.78, 5) is 17.6. The minimum atomic E-state index is -0.232. The van der Waals surface area contributed by atoms with E-state index in [1.165, 1.54) is 0 Å². The number of nitrogens with zero attached hydrogens (tertiary/aromatic N) is 2. The molecule has 0 aliphatic heterocycles. The lowest BCUT2D eigenvalue weighted by Gasteiger charge is -2.17. The van der Waals surface area contributed by atoms with Gasteiger partial charge in [0.1, 0.15) is 5.82 Å². The quantitative estimate of drug-likeness (QED) is 0.630. The number of unbranched alkanes of at least 4 members (excludes halogenated alkanes) is 1. The molecule has 2 aromatic carbocycles. The smallest absolute Gasteiger partial charge is 0.251 e. The Morgan fingerprint density at radius 2 is 1.89 bits per heavy atom. The van der Waals surface area contributed by atoms with Gasteiger partial charge >= 0.3 is 0 Å². The van der Waals surface area contributed by atoms with Crippen LogP contribution in [0.3, 0.4) is 0 Å². The van der Waals surface area contributed by atoms with Gasteiger partial charge < -0.3 is 19.4 Å². The Morgan fingerprint density at radius 1 is 1.14 bits per heavy atom. The molecule has 1 atom stereocenters. The number of carbonyl (C=O) groups excluding carboxylic acids is 1. The van der Waals surface area contributed by atoms with Gasteiger partial charge in [0.25, 0.3) is 5.91 Å². The van der Waals surface area contributed by atoms with Crippen molar-refractivity contribution in [1.29, 1.82) is 0 Å². The van der Waals surface area contributed by atoms with E-state index < -0.39 is 0 Å². The van der Waals surface area contributed by atoms with Gasteiger partial charge in [0.05, 0.1) is 31.3 Å². The molecular weight excluding hydrogens is 354 g/mol. The predicted molar refractivity (Wildman–Crippen MR) is 110 cm³/mol. The molecule has 1 aromatic heterocycles. The molecule has 0 bridgehead atoms. The summed E-state index contributed by atoms with van der Waals surface area (Å²) < 4.78 is 12.7. The van der Waals surface area contributed by atoms with Crippen molar-refractivity contribution in [2.24, 2.45) is 0 Å². The number of rotatable bonds is 8. The first-order valence-electron chi connectivity index (χ1n) is 9.57. The summed E-state index contributed by atoms with van der Waals surface area (Å²) in [6.07, 6.45) is 2.15. The molecule has 6 nitrogen and oxygen atoms in total. The van der Waals surface area contributed by atoms with Gasteiger partial charge in [-0.15, -0.1) is 0 Å². The highest BCUT2D eigenvalue weighted by atomic mass is 16.5. The zero-order valence-corrected chi connectivity index (χ0v) is 16.9. The minimum absolute atomic E-state index is 0.178. The highest BCUT2D eigenvalue weighted by molar-refractivity contribution is 5.95. The number of methoxy groups -OCH3 is 2. The van der Waals surface area contributed by atoms with Crippen molar-refractivity contribution in [2.75, 3.05) is 14.2 Å². The van der Waals surface area contributed by atoms with Gasteiger partial charge in [0, 0.05) is 12.1 Å². The summed E-state index contributed by atoms with van der Waals surface area (Å²) in [5.41, 5.74) is 2.56. The number of nitrogens with one attached hydrogen (secondary N) is 1. The van der Waals surface area contributed by atoms with E-state index in [2.05, 4.69) is 22.9 Å². The van der Waals surface area contributed by atoms with Crippen LogP contribution >= 0.6 is 0 Å². The first kappa shape index (κ1) is 19.7. The fraction of sp³-hybridized carbons (Fsp3) is 0.364. The Kier molecular flexibility index (Phi) is 6.19. The molecule has 0 unspecified atom stereocenters. The number of fused-ring (bicyclic) bond motifs is 1. The van der Waals surface area contributed by atoms with E-state index in [0.29, 0.717) is 17.1 Å². The Morgan fingerprint density at radius 3 is 2.61 bits per heavy atom. The number of aromatic nitrogens is 2. The number of carbonyl (C=O) groups is 1. The van der Waals surface area contributed by atoms with Gasteiger partial charge in [0.15, 0.2) is 11.5 Å². The summed E-state index contributed by atoms with van der Waals surface area (Å²) in [6, 6.07) is 13.0. The van der Waals surface area contributed by atoms with Crippen molar-refractivity contribution in [3.63, 3.8) is 0 Å². The topological polar surface area (TPSA) is 65.4 Å². The molecule has 6 heteroatoms. The highest BCUT2D eigenvalue weighted by Gasteiger charge is 2.19. The number of ether oxygens (including phenoxy) is 2. The van der Waals surface area contributed by atoms with E-state index in [1.807, 2.05) is 25.1 Å². The maximum Gasteiger partial charge on any atom is 0.251 e. The van der Waals surface area contributed by atoms with Crippen LogP contribution in [0, 0.1) is 0 Å². The average molecular weight is 381 g/mol. The van der Waals surface area contributed by atoms with Crippen molar-refractivity contribution in [1.82, 2.24) is 14.9 Å². The molecule has 1 heterocycles. The zero-order valence-electron chi connectivity index (χ0n) is 16.9. The van der Waals surface area contributed by atoms with Gasteiger partial charge in [-0.1, -0.05) is 25.5 Å². The molecule has 148 valence electrons. The van der Waals surface area contributed by atoms with Gasteiger partial charge in [-0.3, -0.25) is 4.79 Å². The van der Waals surface area contributed by atoms with Crippen molar-refractivity contribution >= 4 is 16.9 Å². The highest BCUT2D eigenvalue weighted by Crippen LogP contribution is 2.28. The summed E-state index contributed by atoms with van der Waals surface area (Å²) in [5.74, 6) is 1.80. The molecule has 0 saturated heterocycles. The third-order valence-electron chi connectivity index (χ3n) is 4.80.